The molecule has 2 rings (SSSR count). The highest BCUT2D eigenvalue weighted by atomic mass is 19.4. The lowest BCUT2D eigenvalue weighted by atomic mass is 9.99. The molecule has 94 valence electrons. The van der Waals surface area contributed by atoms with E-state index in [1.807, 2.05) is 0 Å². The van der Waals surface area contributed by atoms with E-state index < -0.39 is 17.6 Å². The summed E-state index contributed by atoms with van der Waals surface area (Å²) in [7, 11) is 0. The van der Waals surface area contributed by atoms with Gasteiger partial charge in [-0.15, -0.1) is 0 Å². The van der Waals surface area contributed by atoms with Crippen LogP contribution < -0.4 is 5.73 Å². The molecular weight excluding hydrogens is 246 g/mol. The average molecular weight is 255 g/mol. The molecule has 0 unspecified atom stereocenters. The molecule has 2 aromatic rings. The predicted molar refractivity (Wildman–Crippen MR) is 61.3 cm³/mol. The molecule has 0 aliphatic carbocycles. The van der Waals surface area contributed by atoms with Crippen LogP contribution in [0.3, 0.4) is 0 Å². The van der Waals surface area contributed by atoms with Gasteiger partial charge in [0.15, 0.2) is 0 Å². The molecule has 2 N–H and O–H groups in total. The van der Waals surface area contributed by atoms with Gasteiger partial charge in [-0.05, 0) is 35.4 Å². The molecule has 2 aromatic carbocycles. The summed E-state index contributed by atoms with van der Waals surface area (Å²) in [4.78, 5) is 0. The van der Waals surface area contributed by atoms with Gasteiger partial charge in [-0.25, -0.2) is 4.39 Å². The lowest BCUT2D eigenvalue weighted by Gasteiger charge is -2.13. The van der Waals surface area contributed by atoms with Crippen molar-refractivity contribution < 1.29 is 17.6 Å². The fourth-order valence-corrected chi connectivity index (χ4v) is 1.75. The molecule has 0 spiro atoms. The number of anilines is 1. The summed E-state index contributed by atoms with van der Waals surface area (Å²) in [5.74, 6) is -0.665. The Hall–Kier alpha value is -2.04. The molecule has 0 amide bonds. The molecule has 1 nitrogen and oxygen atoms in total. The van der Waals surface area contributed by atoms with Crippen molar-refractivity contribution in [3.8, 4) is 11.1 Å². The standard InChI is InChI=1S/C13H9F4N/c14-9-5-8(6-10(18)7-9)11-3-1-2-4-12(11)13(15,16)17/h1-7H,18H2. The number of benzene rings is 2. The molecular formula is C13H9F4N. The topological polar surface area (TPSA) is 26.0 Å². The van der Waals surface area contributed by atoms with Gasteiger partial charge in [0.1, 0.15) is 5.82 Å². The Morgan fingerprint density at radius 2 is 1.61 bits per heavy atom. The van der Waals surface area contributed by atoms with Crippen molar-refractivity contribution in [3.63, 3.8) is 0 Å². The average Bonchev–Trinajstić information content (AvgIpc) is 2.26. The van der Waals surface area contributed by atoms with E-state index in [0.717, 1.165) is 18.2 Å². The molecule has 18 heavy (non-hydrogen) atoms. The Morgan fingerprint density at radius 3 is 2.22 bits per heavy atom. The van der Waals surface area contributed by atoms with E-state index in [9.17, 15) is 17.6 Å². The molecule has 0 bridgehead atoms. The van der Waals surface area contributed by atoms with Crippen LogP contribution in [0.1, 0.15) is 5.56 Å². The lowest BCUT2D eigenvalue weighted by molar-refractivity contribution is -0.137. The minimum Gasteiger partial charge on any atom is -0.399 e. The largest absolute Gasteiger partial charge is 0.417 e. The van der Waals surface area contributed by atoms with E-state index in [4.69, 9.17) is 5.73 Å². The van der Waals surface area contributed by atoms with E-state index in [-0.39, 0.29) is 16.8 Å². The summed E-state index contributed by atoms with van der Waals surface area (Å²) in [5, 5.41) is 0. The maximum Gasteiger partial charge on any atom is 0.417 e. The van der Waals surface area contributed by atoms with Crippen molar-refractivity contribution in [3.05, 3.63) is 53.8 Å². The third-order valence-corrected chi connectivity index (χ3v) is 2.46. The van der Waals surface area contributed by atoms with Gasteiger partial charge < -0.3 is 5.73 Å². The zero-order valence-corrected chi connectivity index (χ0v) is 9.13. The highest BCUT2D eigenvalue weighted by Gasteiger charge is 2.33. The summed E-state index contributed by atoms with van der Waals surface area (Å²) in [6.07, 6.45) is -4.49. The summed E-state index contributed by atoms with van der Waals surface area (Å²) >= 11 is 0. The summed E-state index contributed by atoms with van der Waals surface area (Å²) < 4.78 is 51.6. The van der Waals surface area contributed by atoms with Crippen molar-refractivity contribution in [2.45, 2.75) is 6.18 Å². The zero-order chi connectivity index (χ0) is 13.3. The van der Waals surface area contributed by atoms with Crippen LogP contribution in [0.2, 0.25) is 0 Å². The Morgan fingerprint density at radius 1 is 0.944 bits per heavy atom. The van der Waals surface area contributed by atoms with Crippen LogP contribution in [0.15, 0.2) is 42.5 Å². The Balaban J connectivity index is 2.64. The van der Waals surface area contributed by atoms with Crippen molar-refractivity contribution in [1.29, 1.82) is 0 Å². The normalized spacial score (nSPS) is 11.6. The van der Waals surface area contributed by atoms with Crippen LogP contribution in [-0.4, -0.2) is 0 Å². The number of halogens is 4. The van der Waals surface area contributed by atoms with Crippen LogP contribution in [0.4, 0.5) is 23.2 Å². The van der Waals surface area contributed by atoms with Gasteiger partial charge in [-0.3, -0.25) is 0 Å². The second-order valence-corrected chi connectivity index (χ2v) is 3.82. The SMILES string of the molecule is Nc1cc(F)cc(-c2ccccc2C(F)(F)F)c1. The Kier molecular flexibility index (Phi) is 2.98. The smallest absolute Gasteiger partial charge is 0.399 e. The van der Waals surface area contributed by atoms with Crippen molar-refractivity contribution in [2.24, 2.45) is 0 Å². The maximum absolute atomic E-state index is 13.2. The first-order chi connectivity index (χ1) is 8.38. The number of hydrogen-bond donors (Lipinski definition) is 1. The summed E-state index contributed by atoms with van der Waals surface area (Å²) in [6, 6.07) is 8.39. The van der Waals surface area contributed by atoms with Gasteiger partial charge in [-0.1, -0.05) is 18.2 Å². The van der Waals surface area contributed by atoms with Crippen LogP contribution in [-0.2, 0) is 6.18 Å². The first-order valence-electron chi connectivity index (χ1n) is 5.10. The molecule has 0 aliphatic rings. The summed E-state index contributed by atoms with van der Waals surface area (Å²) in [5.41, 5.74) is 4.73. The molecule has 0 radical (unpaired) electrons. The van der Waals surface area contributed by atoms with Crippen LogP contribution >= 0.6 is 0 Å². The molecule has 0 saturated heterocycles. The molecule has 0 aliphatic heterocycles. The minimum absolute atomic E-state index is 0.0852. The van der Waals surface area contributed by atoms with Crippen LogP contribution in [0.25, 0.3) is 11.1 Å². The zero-order valence-electron chi connectivity index (χ0n) is 9.13. The third kappa shape index (κ3) is 2.45. The molecule has 0 heterocycles. The van der Waals surface area contributed by atoms with Crippen LogP contribution in [0.5, 0.6) is 0 Å². The van der Waals surface area contributed by atoms with E-state index in [1.165, 1.54) is 24.3 Å². The molecule has 5 heteroatoms. The highest BCUT2D eigenvalue weighted by Crippen LogP contribution is 2.37. The first-order valence-corrected chi connectivity index (χ1v) is 5.10. The maximum atomic E-state index is 13.2. The number of rotatable bonds is 1. The predicted octanol–water partition coefficient (Wildman–Crippen LogP) is 4.09. The second-order valence-electron chi connectivity index (χ2n) is 3.82. The summed E-state index contributed by atoms with van der Waals surface area (Å²) in [6.45, 7) is 0. The van der Waals surface area contributed by atoms with Crippen molar-refractivity contribution in [2.75, 3.05) is 5.73 Å². The fraction of sp³-hybridized carbons (Fsp3) is 0.0769. The van der Waals surface area contributed by atoms with Crippen molar-refractivity contribution in [1.82, 2.24) is 0 Å². The number of nitrogen functional groups attached to an aromatic ring is 1. The number of alkyl halides is 3. The van der Waals surface area contributed by atoms with E-state index in [0.29, 0.717) is 0 Å². The van der Waals surface area contributed by atoms with Gasteiger partial charge in [0.2, 0.25) is 0 Å². The monoisotopic (exact) mass is 255 g/mol. The van der Waals surface area contributed by atoms with Crippen LogP contribution in [0, 0.1) is 5.82 Å². The first kappa shape index (κ1) is 12.4. The highest BCUT2D eigenvalue weighted by molar-refractivity contribution is 5.71. The lowest BCUT2D eigenvalue weighted by Crippen LogP contribution is -2.07. The van der Waals surface area contributed by atoms with Crippen molar-refractivity contribution >= 4 is 5.69 Å². The minimum atomic E-state index is -4.49. The van der Waals surface area contributed by atoms with Gasteiger partial charge in [0.05, 0.1) is 5.56 Å². The van der Waals surface area contributed by atoms with Gasteiger partial charge in [0, 0.05) is 5.69 Å². The van der Waals surface area contributed by atoms with Gasteiger partial charge in [-0.2, -0.15) is 13.2 Å². The quantitative estimate of drug-likeness (QED) is 0.602. The molecule has 0 saturated carbocycles. The van der Waals surface area contributed by atoms with E-state index in [2.05, 4.69) is 0 Å². The Labute approximate surface area is 101 Å². The number of hydrogen-bond acceptors (Lipinski definition) is 1. The molecule has 0 fully saturated rings. The molecule has 0 aromatic heterocycles. The number of nitrogens with two attached hydrogens (primary N) is 1. The van der Waals surface area contributed by atoms with Gasteiger partial charge >= 0.3 is 6.18 Å². The van der Waals surface area contributed by atoms with E-state index >= 15 is 0 Å². The second kappa shape index (κ2) is 4.33. The van der Waals surface area contributed by atoms with E-state index in [1.54, 1.807) is 0 Å². The fourth-order valence-electron chi connectivity index (χ4n) is 1.75. The molecule has 0 atom stereocenters. The Bertz CT molecular complexity index is 555. The van der Waals surface area contributed by atoms with Gasteiger partial charge in [0.25, 0.3) is 0 Å². The third-order valence-electron chi connectivity index (χ3n) is 2.46.